The molecule has 0 N–H and O–H groups in total. The summed E-state index contributed by atoms with van der Waals surface area (Å²) in [6, 6.07) is 0. The molecule has 0 amide bonds. The smallest absolute Gasteiger partial charge is 0.332 e. The topological polar surface area (TPSA) is 41.9 Å². The van der Waals surface area contributed by atoms with E-state index in [0.29, 0.717) is 6.61 Å². The van der Waals surface area contributed by atoms with E-state index in [1.165, 1.54) is 6.08 Å². The van der Waals surface area contributed by atoms with Crippen LogP contribution in [0, 0.1) is 5.41 Å². The summed E-state index contributed by atoms with van der Waals surface area (Å²) in [6.45, 7) is 10.4. The van der Waals surface area contributed by atoms with Crippen LogP contribution in [0.3, 0.4) is 0 Å². The van der Waals surface area contributed by atoms with Crippen LogP contribution >= 0.6 is 0 Å². The third-order valence-corrected chi connectivity index (χ3v) is 2.11. The molecule has 0 aliphatic carbocycles. The molecule has 0 spiro atoms. The molecular formula is C12H22N2O2. The SMILES string of the molecule is CCOC(=O)C=CN(C)N=C(C)C(C)(C)C. The van der Waals surface area contributed by atoms with Crippen molar-refractivity contribution in [3.8, 4) is 0 Å². The number of esters is 1. The highest BCUT2D eigenvalue weighted by Crippen LogP contribution is 2.15. The van der Waals surface area contributed by atoms with Gasteiger partial charge in [-0.3, -0.25) is 5.01 Å². The van der Waals surface area contributed by atoms with Crippen molar-refractivity contribution in [3.05, 3.63) is 12.3 Å². The van der Waals surface area contributed by atoms with Gasteiger partial charge in [-0.05, 0) is 13.8 Å². The zero-order chi connectivity index (χ0) is 12.8. The van der Waals surface area contributed by atoms with E-state index in [-0.39, 0.29) is 11.4 Å². The molecule has 0 atom stereocenters. The third kappa shape index (κ3) is 6.22. The van der Waals surface area contributed by atoms with Crippen molar-refractivity contribution in [2.24, 2.45) is 10.5 Å². The Hall–Kier alpha value is -1.32. The second-order valence-corrected chi connectivity index (χ2v) is 4.58. The van der Waals surface area contributed by atoms with Gasteiger partial charge in [0.1, 0.15) is 0 Å². The van der Waals surface area contributed by atoms with E-state index in [1.54, 1.807) is 25.2 Å². The number of hydrazone groups is 1. The van der Waals surface area contributed by atoms with Gasteiger partial charge in [0.15, 0.2) is 0 Å². The average Bonchev–Trinajstić information content (AvgIpc) is 2.13. The van der Waals surface area contributed by atoms with Gasteiger partial charge < -0.3 is 4.74 Å². The maximum Gasteiger partial charge on any atom is 0.332 e. The van der Waals surface area contributed by atoms with E-state index in [1.807, 2.05) is 6.92 Å². The molecular weight excluding hydrogens is 204 g/mol. The Balaban J connectivity index is 4.38. The van der Waals surface area contributed by atoms with Crippen LogP contribution in [0.5, 0.6) is 0 Å². The van der Waals surface area contributed by atoms with Crippen LogP contribution in [0.2, 0.25) is 0 Å². The Bertz CT molecular complexity index is 288. The van der Waals surface area contributed by atoms with Gasteiger partial charge in [0.25, 0.3) is 0 Å². The maximum atomic E-state index is 11.0. The molecule has 0 saturated carbocycles. The molecule has 0 fully saturated rings. The van der Waals surface area contributed by atoms with Crippen LogP contribution in [0.4, 0.5) is 0 Å². The van der Waals surface area contributed by atoms with E-state index < -0.39 is 0 Å². The summed E-state index contributed by atoms with van der Waals surface area (Å²) in [6.07, 6.45) is 2.95. The molecule has 0 aliphatic heterocycles. The van der Waals surface area contributed by atoms with Crippen molar-refractivity contribution in [1.29, 1.82) is 0 Å². The Morgan fingerprint density at radius 2 is 2.00 bits per heavy atom. The largest absolute Gasteiger partial charge is 0.463 e. The van der Waals surface area contributed by atoms with Gasteiger partial charge in [-0.2, -0.15) is 5.10 Å². The number of hydrogen-bond donors (Lipinski definition) is 0. The fraction of sp³-hybridized carbons (Fsp3) is 0.667. The molecule has 4 heteroatoms. The quantitative estimate of drug-likeness (QED) is 0.320. The van der Waals surface area contributed by atoms with Crippen molar-refractivity contribution >= 4 is 11.7 Å². The lowest BCUT2D eigenvalue weighted by Crippen LogP contribution is -2.20. The summed E-state index contributed by atoms with van der Waals surface area (Å²) >= 11 is 0. The van der Waals surface area contributed by atoms with Crippen LogP contribution < -0.4 is 0 Å². The minimum absolute atomic E-state index is 0.0338. The lowest BCUT2D eigenvalue weighted by Gasteiger charge is -2.20. The van der Waals surface area contributed by atoms with Gasteiger partial charge >= 0.3 is 5.97 Å². The Morgan fingerprint density at radius 3 is 2.44 bits per heavy atom. The normalized spacial score (nSPS) is 13.0. The molecule has 0 aromatic carbocycles. The van der Waals surface area contributed by atoms with Gasteiger partial charge in [0.05, 0.1) is 6.61 Å². The monoisotopic (exact) mass is 226 g/mol. The number of hydrogen-bond acceptors (Lipinski definition) is 4. The molecule has 0 radical (unpaired) electrons. The summed E-state index contributed by atoms with van der Waals surface area (Å²) in [7, 11) is 1.78. The maximum absolute atomic E-state index is 11.0. The lowest BCUT2D eigenvalue weighted by atomic mass is 9.91. The minimum atomic E-state index is -0.349. The molecule has 0 rings (SSSR count). The summed E-state index contributed by atoms with van der Waals surface area (Å²) in [5.74, 6) is -0.349. The first kappa shape index (κ1) is 14.7. The van der Waals surface area contributed by atoms with Gasteiger partial charge in [-0.25, -0.2) is 4.79 Å². The van der Waals surface area contributed by atoms with Crippen molar-refractivity contribution in [1.82, 2.24) is 5.01 Å². The molecule has 0 unspecified atom stereocenters. The molecule has 0 heterocycles. The zero-order valence-electron chi connectivity index (χ0n) is 11.1. The van der Waals surface area contributed by atoms with Gasteiger partial charge in [-0.15, -0.1) is 0 Å². The van der Waals surface area contributed by atoms with Crippen LogP contribution in [0.15, 0.2) is 17.4 Å². The van der Waals surface area contributed by atoms with E-state index in [9.17, 15) is 4.79 Å². The average molecular weight is 226 g/mol. The van der Waals surface area contributed by atoms with Crippen LogP contribution in [-0.4, -0.2) is 30.3 Å². The van der Waals surface area contributed by atoms with E-state index in [4.69, 9.17) is 4.74 Å². The first-order valence-electron chi connectivity index (χ1n) is 5.41. The van der Waals surface area contributed by atoms with E-state index in [0.717, 1.165) is 5.71 Å². The molecule has 0 bridgehead atoms. The first-order chi connectivity index (χ1) is 7.27. The molecule has 0 aromatic rings. The number of ether oxygens (including phenoxy) is 1. The fourth-order valence-corrected chi connectivity index (χ4v) is 0.779. The van der Waals surface area contributed by atoms with Crippen LogP contribution in [0.25, 0.3) is 0 Å². The predicted octanol–water partition coefficient (Wildman–Crippen LogP) is 2.42. The number of nitrogens with zero attached hydrogens (tertiary/aromatic N) is 2. The predicted molar refractivity (Wildman–Crippen MR) is 66.1 cm³/mol. The van der Waals surface area contributed by atoms with Crippen LogP contribution in [0.1, 0.15) is 34.6 Å². The number of carbonyl (C=O) groups is 1. The highest BCUT2D eigenvalue weighted by molar-refractivity contribution is 5.86. The Morgan fingerprint density at radius 1 is 1.44 bits per heavy atom. The van der Waals surface area contributed by atoms with E-state index >= 15 is 0 Å². The zero-order valence-corrected chi connectivity index (χ0v) is 11.1. The number of carbonyl (C=O) groups excluding carboxylic acids is 1. The fourth-order valence-electron chi connectivity index (χ4n) is 0.779. The van der Waals surface area contributed by atoms with Gasteiger partial charge in [0, 0.05) is 30.5 Å². The summed E-state index contributed by atoms with van der Waals surface area (Å²) in [5.41, 5.74) is 1.04. The highest BCUT2D eigenvalue weighted by Gasteiger charge is 2.14. The summed E-state index contributed by atoms with van der Waals surface area (Å²) in [4.78, 5) is 11.0. The van der Waals surface area contributed by atoms with Crippen molar-refractivity contribution < 1.29 is 9.53 Å². The van der Waals surface area contributed by atoms with Crippen molar-refractivity contribution in [2.75, 3.05) is 13.7 Å². The molecule has 4 nitrogen and oxygen atoms in total. The molecule has 0 aliphatic rings. The summed E-state index contributed by atoms with van der Waals surface area (Å²) in [5, 5.41) is 5.94. The molecule has 16 heavy (non-hydrogen) atoms. The second-order valence-electron chi connectivity index (χ2n) is 4.58. The second kappa shape index (κ2) is 6.30. The first-order valence-corrected chi connectivity index (χ1v) is 5.41. The van der Waals surface area contributed by atoms with Gasteiger partial charge in [0.2, 0.25) is 0 Å². The van der Waals surface area contributed by atoms with Crippen molar-refractivity contribution in [2.45, 2.75) is 34.6 Å². The Labute approximate surface area is 98.0 Å². The summed E-state index contributed by atoms with van der Waals surface area (Å²) < 4.78 is 4.76. The van der Waals surface area contributed by atoms with E-state index in [2.05, 4.69) is 25.9 Å². The number of rotatable bonds is 4. The Kier molecular flexibility index (Phi) is 5.78. The highest BCUT2D eigenvalue weighted by atomic mass is 16.5. The van der Waals surface area contributed by atoms with Crippen LogP contribution in [-0.2, 0) is 9.53 Å². The van der Waals surface area contributed by atoms with Crippen molar-refractivity contribution in [3.63, 3.8) is 0 Å². The minimum Gasteiger partial charge on any atom is -0.463 e. The molecule has 0 saturated heterocycles. The standard InChI is InChI=1S/C12H22N2O2/c1-7-16-11(15)8-9-14(6)13-10(2)12(3,4)5/h8-9H,7H2,1-6H3. The van der Waals surface area contributed by atoms with Gasteiger partial charge in [-0.1, -0.05) is 20.8 Å². The molecule has 92 valence electrons. The third-order valence-electron chi connectivity index (χ3n) is 2.11. The molecule has 0 aromatic heterocycles. The lowest BCUT2D eigenvalue weighted by molar-refractivity contribution is -0.137.